The lowest BCUT2D eigenvalue weighted by Crippen LogP contribution is -2.42. The van der Waals surface area contributed by atoms with Crippen LogP contribution in [0.2, 0.25) is 0 Å². The van der Waals surface area contributed by atoms with Crippen molar-refractivity contribution in [1.82, 2.24) is 0 Å². The Balaban J connectivity index is 0.000000298. The first kappa shape index (κ1) is 23.6. The van der Waals surface area contributed by atoms with Crippen LogP contribution in [-0.4, -0.2) is 43.9 Å². The Morgan fingerprint density at radius 3 is 1.90 bits per heavy atom. The van der Waals surface area contributed by atoms with Gasteiger partial charge in [-0.2, -0.15) is 0 Å². The summed E-state index contributed by atoms with van der Waals surface area (Å²) in [5, 5.41) is 37.3. The third kappa shape index (κ3) is 8.02. The van der Waals surface area contributed by atoms with Gasteiger partial charge in [-0.3, -0.25) is 9.59 Å². The van der Waals surface area contributed by atoms with Crippen molar-refractivity contribution in [2.24, 2.45) is 0 Å². The number of hydrogen-bond donors (Lipinski definition) is 5. The number of rotatable bonds is 8. The van der Waals surface area contributed by atoms with Crippen LogP contribution in [0.15, 0.2) is 48.5 Å². The number of carboxylic acid groups (broad SMARTS) is 3. The van der Waals surface area contributed by atoms with Gasteiger partial charge in [0.05, 0.1) is 12.8 Å². The zero-order valence-corrected chi connectivity index (χ0v) is 16.3. The summed E-state index contributed by atoms with van der Waals surface area (Å²) in [5.41, 5.74) is 2.46. The predicted molar refractivity (Wildman–Crippen MR) is 107 cm³/mol. The summed E-state index contributed by atoms with van der Waals surface area (Å²) >= 11 is 0. The minimum Gasteiger partial charge on any atom is -0.481 e. The van der Waals surface area contributed by atoms with E-state index in [-0.39, 0.29) is 0 Å². The van der Waals surface area contributed by atoms with E-state index in [1.807, 2.05) is 6.07 Å². The molecule has 0 bridgehead atoms. The maximum atomic E-state index is 10.3. The van der Waals surface area contributed by atoms with E-state index in [9.17, 15) is 14.4 Å². The van der Waals surface area contributed by atoms with E-state index < -0.39 is 36.4 Å². The molecule has 2 aromatic carbocycles. The molecule has 0 fully saturated rings. The Kier molecular flexibility index (Phi) is 8.82. The second-order valence-electron chi connectivity index (χ2n) is 6.56. The van der Waals surface area contributed by atoms with E-state index in [2.05, 4.69) is 61.6 Å². The van der Waals surface area contributed by atoms with E-state index in [0.29, 0.717) is 0 Å². The fraction of sp³-hybridized carbons (Fsp3) is 0.286. The minimum atomic E-state index is -2.74. The standard InChI is InChI=1S/C15H17N.C6H8O7/c1-12-7-6-10-15(13(12)2)16-11-14-8-4-3-5-9-14;7-3(8)1-6(13,5(11)12)2-4(9)10/h3-10,16H,11H2,1-2H3;13H,1-2H2,(H,7,8)(H,9,10)(H,11,12). The fourth-order valence-electron chi connectivity index (χ4n) is 2.45. The van der Waals surface area contributed by atoms with Gasteiger partial charge in [-0.25, -0.2) is 4.79 Å². The molecule has 0 aliphatic carbocycles. The molecule has 0 aliphatic heterocycles. The largest absolute Gasteiger partial charge is 0.481 e. The van der Waals surface area contributed by atoms with Crippen LogP contribution >= 0.6 is 0 Å². The van der Waals surface area contributed by atoms with Crippen LogP contribution in [-0.2, 0) is 20.9 Å². The van der Waals surface area contributed by atoms with Gasteiger partial charge in [0.25, 0.3) is 0 Å². The van der Waals surface area contributed by atoms with Crippen molar-refractivity contribution in [3.63, 3.8) is 0 Å². The summed E-state index contributed by atoms with van der Waals surface area (Å²) in [6.45, 7) is 5.18. The molecule has 0 saturated carbocycles. The van der Waals surface area contributed by atoms with Gasteiger partial charge in [0.1, 0.15) is 0 Å². The average Bonchev–Trinajstić information content (AvgIpc) is 2.63. The van der Waals surface area contributed by atoms with Gasteiger partial charge in [-0.05, 0) is 36.6 Å². The number of carboxylic acids is 3. The normalized spacial score (nSPS) is 10.4. The number of aryl methyl sites for hydroxylation is 1. The van der Waals surface area contributed by atoms with Gasteiger partial charge in [0.15, 0.2) is 5.60 Å². The van der Waals surface area contributed by atoms with Crippen molar-refractivity contribution in [2.45, 2.75) is 38.8 Å². The molecular formula is C21H25NO7. The van der Waals surface area contributed by atoms with Crippen molar-refractivity contribution in [3.8, 4) is 0 Å². The highest BCUT2D eigenvalue weighted by Gasteiger charge is 2.40. The molecule has 0 atom stereocenters. The van der Waals surface area contributed by atoms with Crippen LogP contribution in [0.4, 0.5) is 5.69 Å². The number of nitrogens with one attached hydrogen (secondary N) is 1. The van der Waals surface area contributed by atoms with Crippen LogP contribution in [0.25, 0.3) is 0 Å². The first-order chi connectivity index (χ1) is 13.5. The number of hydrogen-bond acceptors (Lipinski definition) is 5. The topological polar surface area (TPSA) is 144 Å². The molecule has 8 heteroatoms. The SMILES string of the molecule is Cc1cccc(NCc2ccccc2)c1C.O=C(O)CC(O)(CC(=O)O)C(=O)O. The van der Waals surface area contributed by atoms with E-state index in [1.54, 1.807) is 0 Å². The molecule has 2 rings (SSSR count). The Hall–Kier alpha value is -3.39. The molecule has 8 nitrogen and oxygen atoms in total. The molecule has 0 amide bonds. The van der Waals surface area contributed by atoms with Crippen molar-refractivity contribution >= 4 is 23.6 Å². The van der Waals surface area contributed by atoms with Gasteiger partial charge in [0, 0.05) is 12.2 Å². The van der Waals surface area contributed by atoms with Gasteiger partial charge in [-0.15, -0.1) is 0 Å². The van der Waals surface area contributed by atoms with Crippen molar-refractivity contribution in [1.29, 1.82) is 0 Å². The molecule has 0 aromatic heterocycles. The predicted octanol–water partition coefficient (Wildman–Crippen LogP) is 2.67. The molecular weight excluding hydrogens is 378 g/mol. The summed E-state index contributed by atoms with van der Waals surface area (Å²) in [7, 11) is 0. The minimum absolute atomic E-state index is 0.880. The van der Waals surface area contributed by atoms with Crippen molar-refractivity contribution in [3.05, 3.63) is 65.2 Å². The zero-order valence-electron chi connectivity index (χ0n) is 16.3. The van der Waals surface area contributed by atoms with Crippen LogP contribution in [0.3, 0.4) is 0 Å². The van der Waals surface area contributed by atoms with Gasteiger partial charge >= 0.3 is 17.9 Å². The van der Waals surface area contributed by atoms with Gasteiger partial charge < -0.3 is 25.7 Å². The Bertz CT molecular complexity index is 833. The lowest BCUT2D eigenvalue weighted by Gasteiger charge is -2.18. The molecule has 5 N–H and O–H groups in total. The number of aliphatic carboxylic acids is 3. The van der Waals surface area contributed by atoms with Crippen LogP contribution in [0.1, 0.15) is 29.5 Å². The van der Waals surface area contributed by atoms with Crippen molar-refractivity contribution in [2.75, 3.05) is 5.32 Å². The summed E-state index contributed by atoms with van der Waals surface area (Å²) in [4.78, 5) is 30.5. The van der Waals surface area contributed by atoms with E-state index >= 15 is 0 Å². The molecule has 29 heavy (non-hydrogen) atoms. The molecule has 156 valence electrons. The highest BCUT2D eigenvalue weighted by atomic mass is 16.4. The lowest BCUT2D eigenvalue weighted by molar-refractivity contribution is -0.170. The van der Waals surface area contributed by atoms with Crippen LogP contribution in [0, 0.1) is 13.8 Å². The fourth-order valence-corrected chi connectivity index (χ4v) is 2.45. The van der Waals surface area contributed by atoms with Gasteiger partial charge in [-0.1, -0.05) is 42.5 Å². The first-order valence-electron chi connectivity index (χ1n) is 8.78. The molecule has 0 heterocycles. The zero-order chi connectivity index (χ0) is 22.0. The van der Waals surface area contributed by atoms with E-state index in [1.165, 1.54) is 22.4 Å². The van der Waals surface area contributed by atoms with E-state index in [4.69, 9.17) is 20.4 Å². The van der Waals surface area contributed by atoms with Crippen LogP contribution < -0.4 is 5.32 Å². The quantitative estimate of drug-likeness (QED) is 0.452. The Morgan fingerprint density at radius 2 is 1.41 bits per heavy atom. The number of anilines is 1. The summed E-state index contributed by atoms with van der Waals surface area (Å²) in [6, 6.07) is 16.8. The lowest BCUT2D eigenvalue weighted by atomic mass is 9.96. The van der Waals surface area contributed by atoms with E-state index in [0.717, 1.165) is 6.54 Å². The number of benzene rings is 2. The molecule has 2 aromatic rings. The molecule has 0 radical (unpaired) electrons. The maximum absolute atomic E-state index is 10.3. The molecule has 0 aliphatic rings. The molecule has 0 unspecified atom stereocenters. The Labute approximate surface area is 168 Å². The molecule has 0 spiro atoms. The summed E-state index contributed by atoms with van der Waals surface area (Å²) < 4.78 is 0. The molecule has 0 saturated heterocycles. The third-order valence-corrected chi connectivity index (χ3v) is 4.22. The van der Waals surface area contributed by atoms with Gasteiger partial charge in [0.2, 0.25) is 0 Å². The first-order valence-corrected chi connectivity index (χ1v) is 8.78. The number of carbonyl (C=O) groups is 3. The second kappa shape index (κ2) is 10.8. The maximum Gasteiger partial charge on any atom is 0.336 e. The summed E-state index contributed by atoms with van der Waals surface area (Å²) in [5.74, 6) is -5.02. The second-order valence-corrected chi connectivity index (χ2v) is 6.56. The monoisotopic (exact) mass is 403 g/mol. The number of aliphatic hydroxyl groups is 1. The van der Waals surface area contributed by atoms with Crippen LogP contribution in [0.5, 0.6) is 0 Å². The van der Waals surface area contributed by atoms with Crippen molar-refractivity contribution < 1.29 is 34.8 Å². The third-order valence-electron chi connectivity index (χ3n) is 4.22. The average molecular weight is 403 g/mol. The smallest absolute Gasteiger partial charge is 0.336 e. The highest BCUT2D eigenvalue weighted by molar-refractivity contribution is 5.88. The Morgan fingerprint density at radius 1 is 0.862 bits per heavy atom. The summed E-state index contributed by atoms with van der Waals surface area (Å²) in [6.07, 6.45) is -2.29. The highest BCUT2D eigenvalue weighted by Crippen LogP contribution is 2.18.